The minimum Gasteiger partial charge on any atom is -0.311 e. The monoisotopic (exact) mass is 296 g/mol. The van der Waals surface area contributed by atoms with Gasteiger partial charge in [-0.25, -0.2) is 4.39 Å². The number of rotatable bonds is 5. The van der Waals surface area contributed by atoms with E-state index >= 15 is 0 Å². The Morgan fingerprint density at radius 2 is 2.20 bits per heavy atom. The lowest BCUT2D eigenvalue weighted by Gasteiger charge is -2.16. The Bertz CT molecular complexity index is 580. The van der Waals surface area contributed by atoms with Crippen molar-refractivity contribution < 1.29 is 4.39 Å². The summed E-state index contributed by atoms with van der Waals surface area (Å²) in [6.07, 6.45) is 2.67. The van der Waals surface area contributed by atoms with Crippen LogP contribution in [0.25, 0.3) is 0 Å². The Hall–Kier alpha value is -1.46. The number of nitrogens with one attached hydrogen (secondary N) is 1. The summed E-state index contributed by atoms with van der Waals surface area (Å²) in [6, 6.07) is 3.06. The first kappa shape index (κ1) is 14.9. The summed E-state index contributed by atoms with van der Waals surface area (Å²) in [7, 11) is 3.73. The van der Waals surface area contributed by atoms with E-state index in [0.29, 0.717) is 11.4 Å². The number of pyridine rings is 1. The van der Waals surface area contributed by atoms with Crippen LogP contribution in [0, 0.1) is 5.82 Å². The standard InChI is InChI=1S/C14H18ClFN4/c1-4-10-14(15)13(20(3)19-10)7-12(17-2)11-6-5-9(16)8-18-11/h5-6,8,12,17H,4,7H2,1-3H3. The van der Waals surface area contributed by atoms with Gasteiger partial charge in [-0.3, -0.25) is 9.67 Å². The Kier molecular flexibility index (Phi) is 4.73. The van der Waals surface area contributed by atoms with E-state index in [1.165, 1.54) is 12.3 Å². The van der Waals surface area contributed by atoms with Crippen LogP contribution in [0.1, 0.15) is 30.0 Å². The van der Waals surface area contributed by atoms with Crippen molar-refractivity contribution in [2.24, 2.45) is 7.05 Å². The Morgan fingerprint density at radius 1 is 1.45 bits per heavy atom. The lowest BCUT2D eigenvalue weighted by molar-refractivity contribution is 0.543. The van der Waals surface area contributed by atoms with Crippen molar-refractivity contribution >= 4 is 11.6 Å². The van der Waals surface area contributed by atoms with E-state index in [2.05, 4.69) is 15.4 Å². The summed E-state index contributed by atoms with van der Waals surface area (Å²) in [5.41, 5.74) is 2.63. The van der Waals surface area contributed by atoms with Gasteiger partial charge in [0, 0.05) is 13.5 Å². The second-order valence-electron chi connectivity index (χ2n) is 4.63. The van der Waals surface area contributed by atoms with Crippen LogP contribution in [0.4, 0.5) is 4.39 Å². The van der Waals surface area contributed by atoms with Crippen molar-refractivity contribution in [2.75, 3.05) is 7.05 Å². The van der Waals surface area contributed by atoms with Crippen molar-refractivity contribution in [3.05, 3.63) is 46.3 Å². The minimum atomic E-state index is -0.338. The van der Waals surface area contributed by atoms with Crippen molar-refractivity contribution in [3.8, 4) is 0 Å². The minimum absolute atomic E-state index is 0.0341. The van der Waals surface area contributed by atoms with Crippen LogP contribution in [0.2, 0.25) is 5.02 Å². The zero-order valence-electron chi connectivity index (χ0n) is 11.8. The van der Waals surface area contributed by atoms with E-state index in [-0.39, 0.29) is 11.9 Å². The number of aromatic nitrogens is 3. The Balaban J connectivity index is 2.26. The van der Waals surface area contributed by atoms with E-state index < -0.39 is 0 Å². The number of aryl methyl sites for hydroxylation is 2. The average Bonchev–Trinajstić information content (AvgIpc) is 2.72. The highest BCUT2D eigenvalue weighted by Gasteiger charge is 2.19. The van der Waals surface area contributed by atoms with Gasteiger partial charge in [-0.1, -0.05) is 18.5 Å². The number of likely N-dealkylation sites (N-methyl/N-ethyl adjacent to an activating group) is 1. The first-order valence-corrected chi connectivity index (χ1v) is 6.93. The fourth-order valence-corrected chi connectivity index (χ4v) is 2.55. The molecule has 0 amide bonds. The third kappa shape index (κ3) is 2.99. The maximum Gasteiger partial charge on any atom is 0.141 e. The number of halogens is 2. The normalized spacial score (nSPS) is 12.7. The first-order chi connectivity index (χ1) is 9.56. The molecule has 20 heavy (non-hydrogen) atoms. The molecule has 2 rings (SSSR count). The third-order valence-corrected chi connectivity index (χ3v) is 3.79. The molecule has 0 aromatic carbocycles. The zero-order chi connectivity index (χ0) is 14.7. The SMILES string of the molecule is CCc1nn(C)c(CC(NC)c2ccc(F)cn2)c1Cl. The number of hydrogen-bond donors (Lipinski definition) is 1. The summed E-state index contributed by atoms with van der Waals surface area (Å²) < 4.78 is 14.7. The van der Waals surface area contributed by atoms with Crippen molar-refractivity contribution in [1.29, 1.82) is 0 Å². The molecule has 0 spiro atoms. The van der Waals surface area contributed by atoms with Gasteiger partial charge in [0.25, 0.3) is 0 Å². The molecule has 0 saturated heterocycles. The van der Waals surface area contributed by atoms with Gasteiger partial charge in [-0.05, 0) is 25.6 Å². The van der Waals surface area contributed by atoms with Crippen LogP contribution in [-0.4, -0.2) is 21.8 Å². The first-order valence-electron chi connectivity index (χ1n) is 6.55. The molecule has 0 aliphatic carbocycles. The molecule has 1 atom stereocenters. The Labute approximate surface area is 123 Å². The average molecular weight is 297 g/mol. The molecule has 2 aromatic heterocycles. The molecular formula is C14H18ClFN4. The second kappa shape index (κ2) is 6.33. The van der Waals surface area contributed by atoms with Crippen LogP contribution in [-0.2, 0) is 19.9 Å². The maximum absolute atomic E-state index is 12.9. The zero-order valence-corrected chi connectivity index (χ0v) is 12.6. The lowest BCUT2D eigenvalue weighted by Crippen LogP contribution is -2.21. The fraction of sp³-hybridized carbons (Fsp3) is 0.429. The molecule has 1 unspecified atom stereocenters. The van der Waals surface area contributed by atoms with Gasteiger partial charge in [-0.15, -0.1) is 0 Å². The topological polar surface area (TPSA) is 42.7 Å². The predicted octanol–water partition coefficient (Wildman–Crippen LogP) is 2.67. The van der Waals surface area contributed by atoms with Gasteiger partial charge in [0.15, 0.2) is 0 Å². The van der Waals surface area contributed by atoms with E-state index in [1.54, 1.807) is 10.7 Å². The molecule has 108 valence electrons. The summed E-state index contributed by atoms with van der Waals surface area (Å²) in [4.78, 5) is 4.12. The second-order valence-corrected chi connectivity index (χ2v) is 5.01. The largest absolute Gasteiger partial charge is 0.311 e. The fourth-order valence-electron chi connectivity index (χ4n) is 2.18. The van der Waals surface area contributed by atoms with Gasteiger partial charge in [-0.2, -0.15) is 5.10 Å². The van der Waals surface area contributed by atoms with Gasteiger partial charge < -0.3 is 5.32 Å². The number of nitrogens with zero attached hydrogens (tertiary/aromatic N) is 3. The van der Waals surface area contributed by atoms with Crippen molar-refractivity contribution in [2.45, 2.75) is 25.8 Å². The number of hydrogen-bond acceptors (Lipinski definition) is 3. The van der Waals surface area contributed by atoms with Gasteiger partial charge >= 0.3 is 0 Å². The van der Waals surface area contributed by atoms with E-state index in [9.17, 15) is 4.39 Å². The molecule has 0 radical (unpaired) electrons. The molecule has 0 aliphatic heterocycles. The van der Waals surface area contributed by atoms with Crippen LogP contribution in [0.3, 0.4) is 0 Å². The van der Waals surface area contributed by atoms with E-state index in [4.69, 9.17) is 11.6 Å². The molecule has 2 aromatic rings. The molecular weight excluding hydrogens is 279 g/mol. The van der Waals surface area contributed by atoms with Gasteiger partial charge in [0.2, 0.25) is 0 Å². The van der Waals surface area contributed by atoms with Gasteiger partial charge in [0.05, 0.1) is 34.3 Å². The van der Waals surface area contributed by atoms with Crippen molar-refractivity contribution in [3.63, 3.8) is 0 Å². The van der Waals surface area contributed by atoms with Crippen LogP contribution in [0.5, 0.6) is 0 Å². The smallest absolute Gasteiger partial charge is 0.141 e. The molecule has 0 saturated carbocycles. The van der Waals surface area contributed by atoms with Crippen LogP contribution < -0.4 is 5.32 Å². The molecule has 0 bridgehead atoms. The van der Waals surface area contributed by atoms with Crippen LogP contribution >= 0.6 is 11.6 Å². The quantitative estimate of drug-likeness (QED) is 0.922. The van der Waals surface area contributed by atoms with Crippen molar-refractivity contribution in [1.82, 2.24) is 20.1 Å². The third-order valence-electron chi connectivity index (χ3n) is 3.36. The summed E-state index contributed by atoms with van der Waals surface area (Å²) in [6.45, 7) is 2.02. The Morgan fingerprint density at radius 3 is 2.70 bits per heavy atom. The van der Waals surface area contributed by atoms with E-state index in [0.717, 1.165) is 23.5 Å². The highest BCUT2D eigenvalue weighted by molar-refractivity contribution is 6.31. The molecule has 6 heteroatoms. The molecule has 0 fully saturated rings. The summed E-state index contributed by atoms with van der Waals surface area (Å²) in [5.74, 6) is -0.338. The predicted molar refractivity (Wildman–Crippen MR) is 77.3 cm³/mol. The highest BCUT2D eigenvalue weighted by atomic mass is 35.5. The highest BCUT2D eigenvalue weighted by Crippen LogP contribution is 2.25. The van der Waals surface area contributed by atoms with Crippen LogP contribution in [0.15, 0.2) is 18.3 Å². The maximum atomic E-state index is 12.9. The molecule has 2 heterocycles. The van der Waals surface area contributed by atoms with Gasteiger partial charge in [0.1, 0.15) is 5.82 Å². The van der Waals surface area contributed by atoms with E-state index in [1.807, 2.05) is 21.0 Å². The molecule has 1 N–H and O–H groups in total. The lowest BCUT2D eigenvalue weighted by atomic mass is 10.1. The molecule has 0 aliphatic rings. The summed E-state index contributed by atoms with van der Waals surface area (Å²) >= 11 is 6.35. The molecule has 4 nitrogen and oxygen atoms in total. The summed E-state index contributed by atoms with van der Waals surface area (Å²) in [5, 5.41) is 8.29.